The molecule has 1 aliphatic rings. The number of unbranched alkanes of at least 4 members (excludes halogenated alkanes) is 1. The minimum Gasteiger partial charge on any atom is -0.357 e. The number of halogens is 1. The Labute approximate surface area is 157 Å². The molecule has 1 saturated carbocycles. The van der Waals surface area contributed by atoms with Crippen LogP contribution in [0.4, 0.5) is 0 Å². The molecule has 1 aromatic rings. The summed E-state index contributed by atoms with van der Waals surface area (Å²) < 4.78 is 2.07. The van der Waals surface area contributed by atoms with Crippen molar-refractivity contribution >= 4 is 29.9 Å². The summed E-state index contributed by atoms with van der Waals surface area (Å²) in [5, 5.41) is 6.69. The van der Waals surface area contributed by atoms with Gasteiger partial charge in [0.25, 0.3) is 0 Å². The maximum absolute atomic E-state index is 4.67. The summed E-state index contributed by atoms with van der Waals surface area (Å²) in [4.78, 5) is 8.71. The van der Waals surface area contributed by atoms with Crippen molar-refractivity contribution < 1.29 is 0 Å². The van der Waals surface area contributed by atoms with Crippen LogP contribution in [0, 0.1) is 5.92 Å². The molecule has 0 atom stereocenters. The van der Waals surface area contributed by atoms with Gasteiger partial charge < -0.3 is 15.2 Å². The topological polar surface area (TPSA) is 54.2 Å². The average Bonchev–Trinajstić information content (AvgIpc) is 3.20. The fraction of sp³-hybridized carbons (Fsp3) is 0.765. The van der Waals surface area contributed by atoms with Gasteiger partial charge in [-0.15, -0.1) is 24.0 Å². The summed E-state index contributed by atoms with van der Waals surface area (Å²) in [5.74, 6) is 1.94. The van der Waals surface area contributed by atoms with Crippen LogP contribution in [-0.2, 0) is 6.54 Å². The van der Waals surface area contributed by atoms with Crippen LogP contribution in [0.1, 0.15) is 51.9 Å². The number of hydrogen-bond donors (Lipinski definition) is 2. The molecule has 0 radical (unpaired) electrons. The van der Waals surface area contributed by atoms with Gasteiger partial charge in [0.15, 0.2) is 5.96 Å². The van der Waals surface area contributed by atoms with Crippen molar-refractivity contribution in [2.45, 2.75) is 58.4 Å². The van der Waals surface area contributed by atoms with Gasteiger partial charge in [0.1, 0.15) is 0 Å². The van der Waals surface area contributed by atoms with Crippen LogP contribution in [0.2, 0.25) is 0 Å². The highest BCUT2D eigenvalue weighted by Crippen LogP contribution is 2.28. The molecule has 0 spiro atoms. The molecule has 6 heteroatoms. The number of aromatic nitrogens is 2. The summed E-state index contributed by atoms with van der Waals surface area (Å²) in [7, 11) is 0. The molecule has 0 unspecified atom stereocenters. The van der Waals surface area contributed by atoms with Gasteiger partial charge in [-0.1, -0.05) is 38.5 Å². The summed E-state index contributed by atoms with van der Waals surface area (Å²) in [6, 6.07) is 0. The van der Waals surface area contributed by atoms with Crippen LogP contribution in [0.3, 0.4) is 0 Å². The van der Waals surface area contributed by atoms with Crippen LogP contribution in [0.15, 0.2) is 23.7 Å². The van der Waals surface area contributed by atoms with Gasteiger partial charge in [0.2, 0.25) is 0 Å². The first kappa shape index (κ1) is 20.3. The van der Waals surface area contributed by atoms with E-state index in [-0.39, 0.29) is 24.0 Å². The molecule has 2 rings (SSSR count). The molecule has 0 aromatic carbocycles. The van der Waals surface area contributed by atoms with Gasteiger partial charge in [-0.3, -0.25) is 4.99 Å². The number of hydrogen-bond acceptors (Lipinski definition) is 2. The first-order chi connectivity index (χ1) is 10.9. The molecule has 2 N–H and O–H groups in total. The van der Waals surface area contributed by atoms with E-state index in [1.165, 1.54) is 44.9 Å². The van der Waals surface area contributed by atoms with E-state index in [1.54, 1.807) is 0 Å². The van der Waals surface area contributed by atoms with E-state index in [4.69, 9.17) is 0 Å². The zero-order valence-electron chi connectivity index (χ0n) is 14.3. The predicted octanol–water partition coefficient (Wildman–Crippen LogP) is 3.42. The first-order valence-electron chi connectivity index (χ1n) is 8.86. The number of rotatable bonds is 9. The van der Waals surface area contributed by atoms with Crippen molar-refractivity contribution in [1.29, 1.82) is 0 Å². The van der Waals surface area contributed by atoms with Gasteiger partial charge in [0, 0.05) is 38.6 Å². The molecule has 23 heavy (non-hydrogen) atoms. The molecule has 0 bridgehead atoms. The molecule has 0 aliphatic heterocycles. The van der Waals surface area contributed by atoms with Crippen LogP contribution in [-0.4, -0.2) is 35.1 Å². The Morgan fingerprint density at radius 1 is 1.26 bits per heavy atom. The van der Waals surface area contributed by atoms with Crippen molar-refractivity contribution in [2.24, 2.45) is 10.9 Å². The Morgan fingerprint density at radius 3 is 2.78 bits per heavy atom. The van der Waals surface area contributed by atoms with Crippen molar-refractivity contribution in [3.05, 3.63) is 18.7 Å². The zero-order valence-corrected chi connectivity index (χ0v) is 16.7. The fourth-order valence-corrected chi connectivity index (χ4v) is 3.10. The lowest BCUT2D eigenvalue weighted by molar-refractivity contribution is 0.475. The second kappa shape index (κ2) is 12.6. The van der Waals surface area contributed by atoms with Gasteiger partial charge >= 0.3 is 0 Å². The van der Waals surface area contributed by atoms with Crippen molar-refractivity contribution in [1.82, 2.24) is 20.2 Å². The Balaban J connectivity index is 0.00000264. The molecule has 1 aliphatic carbocycles. The smallest absolute Gasteiger partial charge is 0.191 e. The molecule has 1 heterocycles. The Kier molecular flexibility index (Phi) is 11.1. The molecule has 5 nitrogen and oxygen atoms in total. The highest BCUT2D eigenvalue weighted by molar-refractivity contribution is 14.0. The first-order valence-corrected chi connectivity index (χ1v) is 8.86. The quantitative estimate of drug-likeness (QED) is 0.272. The molecule has 132 valence electrons. The minimum atomic E-state index is 0. The largest absolute Gasteiger partial charge is 0.357 e. The van der Waals surface area contributed by atoms with E-state index in [9.17, 15) is 0 Å². The van der Waals surface area contributed by atoms with E-state index in [0.717, 1.165) is 38.1 Å². The zero-order chi connectivity index (χ0) is 15.5. The van der Waals surface area contributed by atoms with Gasteiger partial charge in [0.05, 0.1) is 6.33 Å². The summed E-state index contributed by atoms with van der Waals surface area (Å²) >= 11 is 0. The highest BCUT2D eigenvalue weighted by atomic mass is 127. The lowest BCUT2D eigenvalue weighted by Gasteiger charge is -2.12. The third kappa shape index (κ3) is 8.58. The van der Waals surface area contributed by atoms with Crippen LogP contribution >= 0.6 is 24.0 Å². The van der Waals surface area contributed by atoms with Gasteiger partial charge in [-0.05, 0) is 19.3 Å². The van der Waals surface area contributed by atoms with Crippen molar-refractivity contribution in [2.75, 3.05) is 19.6 Å². The van der Waals surface area contributed by atoms with Crippen LogP contribution in [0.5, 0.6) is 0 Å². The SMILES string of the molecule is CCNC(=NCCCCC1CCCC1)NCCn1ccnc1.I. The average molecular weight is 433 g/mol. The third-order valence-electron chi connectivity index (χ3n) is 4.33. The molecule has 1 aromatic heterocycles. The second-order valence-corrected chi connectivity index (χ2v) is 6.13. The number of guanidine groups is 1. The maximum Gasteiger partial charge on any atom is 0.191 e. The normalized spacial score (nSPS) is 15.4. The van der Waals surface area contributed by atoms with E-state index in [1.807, 2.05) is 18.7 Å². The third-order valence-corrected chi connectivity index (χ3v) is 4.33. The van der Waals surface area contributed by atoms with E-state index in [0.29, 0.717) is 0 Å². The van der Waals surface area contributed by atoms with Crippen molar-refractivity contribution in [3.63, 3.8) is 0 Å². The predicted molar refractivity (Wildman–Crippen MR) is 107 cm³/mol. The fourth-order valence-electron chi connectivity index (χ4n) is 3.10. The van der Waals surface area contributed by atoms with Crippen molar-refractivity contribution in [3.8, 4) is 0 Å². The van der Waals surface area contributed by atoms with E-state index < -0.39 is 0 Å². The summed E-state index contributed by atoms with van der Waals surface area (Å²) in [6.45, 7) is 5.70. The number of nitrogens with one attached hydrogen (secondary N) is 2. The van der Waals surface area contributed by atoms with Crippen LogP contribution < -0.4 is 10.6 Å². The standard InChI is InChI=1S/C17H31N5.HI/c1-2-19-17(21-12-14-22-13-11-18-15-22)20-10-6-5-9-16-7-3-4-8-16;/h11,13,15-16H,2-10,12,14H2,1H3,(H2,19,20,21);1H. The number of nitrogens with zero attached hydrogens (tertiary/aromatic N) is 3. The highest BCUT2D eigenvalue weighted by Gasteiger charge is 2.13. The lowest BCUT2D eigenvalue weighted by Crippen LogP contribution is -2.38. The molecule has 0 saturated heterocycles. The summed E-state index contributed by atoms with van der Waals surface area (Å²) in [6.07, 6.45) is 15.4. The maximum atomic E-state index is 4.67. The number of aliphatic imine (C=N–C) groups is 1. The Morgan fingerprint density at radius 2 is 2.09 bits per heavy atom. The minimum absolute atomic E-state index is 0. The van der Waals surface area contributed by atoms with Gasteiger partial charge in [-0.2, -0.15) is 0 Å². The molecular weight excluding hydrogens is 401 g/mol. The van der Waals surface area contributed by atoms with E-state index >= 15 is 0 Å². The second-order valence-electron chi connectivity index (χ2n) is 6.13. The van der Waals surface area contributed by atoms with E-state index in [2.05, 4.69) is 32.1 Å². The Bertz CT molecular complexity index is 413. The monoisotopic (exact) mass is 433 g/mol. The number of imidazole rings is 1. The lowest BCUT2D eigenvalue weighted by atomic mass is 10.0. The Hall–Kier alpha value is -0.790. The molecule has 1 fully saturated rings. The van der Waals surface area contributed by atoms with Crippen LogP contribution in [0.25, 0.3) is 0 Å². The summed E-state index contributed by atoms with van der Waals surface area (Å²) in [5.41, 5.74) is 0. The van der Waals surface area contributed by atoms with Gasteiger partial charge in [-0.25, -0.2) is 4.98 Å². The molecular formula is C17H32IN5. The molecule has 0 amide bonds.